The Kier molecular flexibility index (Phi) is 7.34. The Bertz CT molecular complexity index is 974. The minimum absolute atomic E-state index is 0.00653. The van der Waals surface area contributed by atoms with Crippen LogP contribution >= 0.6 is 0 Å². The maximum atomic E-state index is 12.9. The first kappa shape index (κ1) is 24.6. The van der Waals surface area contributed by atoms with Gasteiger partial charge in [-0.2, -0.15) is 13.2 Å². The molecule has 1 N–H and O–H groups in total. The van der Waals surface area contributed by atoms with Crippen LogP contribution in [0.5, 0.6) is 0 Å². The van der Waals surface area contributed by atoms with Crippen molar-refractivity contribution in [2.24, 2.45) is 0 Å². The molecule has 0 aliphatic carbocycles. The van der Waals surface area contributed by atoms with Gasteiger partial charge in [-0.25, -0.2) is 0 Å². The maximum Gasteiger partial charge on any atom is 0.416 e. The average molecular weight is 462 g/mol. The predicted molar refractivity (Wildman–Crippen MR) is 122 cm³/mol. The summed E-state index contributed by atoms with van der Waals surface area (Å²) >= 11 is 0. The van der Waals surface area contributed by atoms with E-state index in [0.717, 1.165) is 17.7 Å². The molecule has 1 heterocycles. The molecule has 1 aliphatic rings. The zero-order valence-electron chi connectivity index (χ0n) is 19.2. The van der Waals surface area contributed by atoms with Gasteiger partial charge < -0.3 is 15.1 Å². The number of carbonyl (C=O) groups is 2. The number of anilines is 1. The van der Waals surface area contributed by atoms with Crippen LogP contribution in [0, 0.1) is 0 Å². The highest BCUT2D eigenvalue weighted by Gasteiger charge is 2.31. The van der Waals surface area contributed by atoms with Crippen molar-refractivity contribution in [3.8, 4) is 0 Å². The topological polar surface area (TPSA) is 52.7 Å². The fraction of sp³-hybridized carbons (Fsp3) is 0.440. The maximum absolute atomic E-state index is 12.9. The lowest BCUT2D eigenvalue weighted by Crippen LogP contribution is -2.49. The number of alkyl halides is 3. The highest BCUT2D eigenvalue weighted by atomic mass is 19.4. The van der Waals surface area contributed by atoms with Gasteiger partial charge in [0.2, 0.25) is 5.91 Å². The van der Waals surface area contributed by atoms with Gasteiger partial charge in [-0.15, -0.1) is 0 Å². The molecule has 2 amide bonds. The fourth-order valence-electron chi connectivity index (χ4n) is 3.76. The molecule has 0 atom stereocenters. The smallest absolute Gasteiger partial charge is 0.368 e. The molecule has 0 unspecified atom stereocenters. The molecule has 8 heteroatoms. The zero-order valence-corrected chi connectivity index (χ0v) is 19.2. The Morgan fingerprint density at radius 2 is 1.55 bits per heavy atom. The van der Waals surface area contributed by atoms with E-state index in [-0.39, 0.29) is 30.2 Å². The van der Waals surface area contributed by atoms with Crippen LogP contribution in [-0.2, 0) is 16.4 Å². The Labute approximate surface area is 192 Å². The molecule has 0 saturated carbocycles. The molecule has 2 aromatic carbocycles. The second kappa shape index (κ2) is 9.85. The third kappa shape index (κ3) is 6.49. The summed E-state index contributed by atoms with van der Waals surface area (Å²) in [5.41, 5.74) is 1.51. The van der Waals surface area contributed by atoms with Crippen LogP contribution in [0.4, 0.5) is 18.9 Å². The van der Waals surface area contributed by atoms with Gasteiger partial charge in [0.15, 0.2) is 0 Å². The molecule has 2 aromatic rings. The normalized spacial score (nSPS) is 14.8. The third-order valence-electron chi connectivity index (χ3n) is 5.81. The van der Waals surface area contributed by atoms with E-state index in [2.05, 4.69) is 26.1 Å². The Balaban J connectivity index is 1.45. The van der Waals surface area contributed by atoms with Gasteiger partial charge in [-0.1, -0.05) is 39.0 Å². The molecule has 3 rings (SSSR count). The summed E-state index contributed by atoms with van der Waals surface area (Å²) in [7, 11) is 0. The summed E-state index contributed by atoms with van der Waals surface area (Å²) in [5, 5.41) is 2.78. The van der Waals surface area contributed by atoms with Gasteiger partial charge >= 0.3 is 6.18 Å². The number of rotatable bonds is 5. The lowest BCUT2D eigenvalue weighted by Gasteiger charge is -2.36. The van der Waals surface area contributed by atoms with E-state index >= 15 is 0 Å². The second-order valence-electron chi connectivity index (χ2n) is 9.25. The van der Waals surface area contributed by atoms with E-state index in [1.165, 1.54) is 6.07 Å². The van der Waals surface area contributed by atoms with Crippen molar-refractivity contribution in [2.75, 3.05) is 37.6 Å². The highest BCUT2D eigenvalue weighted by Crippen LogP contribution is 2.32. The third-order valence-corrected chi connectivity index (χ3v) is 5.81. The molecule has 5 nitrogen and oxygen atoms in total. The number of benzene rings is 2. The minimum Gasteiger partial charge on any atom is -0.368 e. The van der Waals surface area contributed by atoms with Crippen molar-refractivity contribution in [1.82, 2.24) is 10.2 Å². The van der Waals surface area contributed by atoms with Gasteiger partial charge in [-0.05, 0) is 41.3 Å². The molecule has 33 heavy (non-hydrogen) atoms. The minimum atomic E-state index is -4.38. The molecule has 178 valence electrons. The predicted octanol–water partition coefficient (Wildman–Crippen LogP) is 4.47. The Hall–Kier alpha value is -3.03. The van der Waals surface area contributed by atoms with E-state index in [9.17, 15) is 22.8 Å². The molecule has 1 aliphatic heterocycles. The van der Waals surface area contributed by atoms with Crippen molar-refractivity contribution < 1.29 is 22.8 Å². The number of halogens is 3. The summed E-state index contributed by atoms with van der Waals surface area (Å²) in [6, 6.07) is 12.7. The van der Waals surface area contributed by atoms with Crippen molar-refractivity contribution >= 4 is 17.5 Å². The van der Waals surface area contributed by atoms with Crippen LogP contribution in [-0.4, -0.2) is 49.4 Å². The van der Waals surface area contributed by atoms with Crippen molar-refractivity contribution in [2.45, 2.75) is 38.8 Å². The first-order valence-corrected chi connectivity index (χ1v) is 11.0. The van der Waals surface area contributed by atoms with Crippen molar-refractivity contribution in [3.05, 3.63) is 65.2 Å². The molecule has 0 spiro atoms. The molecule has 1 fully saturated rings. The van der Waals surface area contributed by atoms with Crippen LogP contribution in [0.25, 0.3) is 0 Å². The number of carbonyl (C=O) groups excluding carboxylic acids is 2. The van der Waals surface area contributed by atoms with Gasteiger partial charge in [0, 0.05) is 50.4 Å². The first-order valence-electron chi connectivity index (χ1n) is 11.0. The van der Waals surface area contributed by atoms with Crippen LogP contribution in [0.2, 0.25) is 0 Å². The largest absolute Gasteiger partial charge is 0.416 e. The van der Waals surface area contributed by atoms with Crippen LogP contribution in [0.15, 0.2) is 48.5 Å². The van der Waals surface area contributed by atoms with E-state index in [0.29, 0.717) is 37.4 Å². The van der Waals surface area contributed by atoms with E-state index in [1.807, 2.05) is 17.0 Å². The first-order chi connectivity index (χ1) is 15.4. The average Bonchev–Trinajstić information content (AvgIpc) is 2.78. The molecule has 0 bridgehead atoms. The van der Waals surface area contributed by atoms with Gasteiger partial charge in [0.1, 0.15) is 0 Å². The number of amides is 2. The number of piperazine rings is 1. The lowest BCUT2D eigenvalue weighted by atomic mass is 9.87. The lowest BCUT2D eigenvalue weighted by molar-refractivity contribution is -0.137. The summed E-state index contributed by atoms with van der Waals surface area (Å²) in [6.07, 6.45) is -4.21. The molecule has 0 aromatic heterocycles. The van der Waals surface area contributed by atoms with Crippen LogP contribution < -0.4 is 10.2 Å². The van der Waals surface area contributed by atoms with E-state index in [4.69, 9.17) is 0 Å². The van der Waals surface area contributed by atoms with Gasteiger partial charge in [-0.3, -0.25) is 9.59 Å². The zero-order chi connectivity index (χ0) is 24.2. The number of hydrogen-bond donors (Lipinski definition) is 1. The number of nitrogens with zero attached hydrogens (tertiary/aromatic N) is 2. The number of hydrogen-bond acceptors (Lipinski definition) is 3. The van der Waals surface area contributed by atoms with Gasteiger partial charge in [0.05, 0.1) is 5.56 Å². The van der Waals surface area contributed by atoms with Crippen LogP contribution in [0.3, 0.4) is 0 Å². The molecular weight excluding hydrogens is 431 g/mol. The highest BCUT2D eigenvalue weighted by molar-refractivity contribution is 5.94. The Morgan fingerprint density at radius 1 is 0.909 bits per heavy atom. The Morgan fingerprint density at radius 3 is 2.12 bits per heavy atom. The summed E-state index contributed by atoms with van der Waals surface area (Å²) in [4.78, 5) is 28.4. The summed E-state index contributed by atoms with van der Waals surface area (Å²) in [6.45, 7) is 8.31. The second-order valence-corrected chi connectivity index (χ2v) is 9.25. The standard InChI is InChI=1S/C25H30F3N3O2/c1-24(2,3)19-9-7-18(8-10-19)23(33)29-12-11-22(32)31-15-13-30(14-16-31)21-6-4-5-20(17-21)25(26,27)28/h4-10,17H,11-16H2,1-3H3,(H,29,33). The fourth-order valence-corrected chi connectivity index (χ4v) is 3.76. The van der Waals surface area contributed by atoms with Gasteiger partial charge in [0.25, 0.3) is 5.91 Å². The summed E-state index contributed by atoms with van der Waals surface area (Å²) in [5.74, 6) is -0.306. The van der Waals surface area contributed by atoms with E-state index in [1.54, 1.807) is 23.1 Å². The molecule has 0 radical (unpaired) electrons. The quantitative estimate of drug-likeness (QED) is 0.715. The van der Waals surface area contributed by atoms with Crippen molar-refractivity contribution in [3.63, 3.8) is 0 Å². The monoisotopic (exact) mass is 461 g/mol. The SMILES string of the molecule is CC(C)(C)c1ccc(C(=O)NCCC(=O)N2CCN(c3cccc(C(F)(F)F)c3)CC2)cc1. The van der Waals surface area contributed by atoms with Crippen molar-refractivity contribution in [1.29, 1.82) is 0 Å². The van der Waals surface area contributed by atoms with Crippen LogP contribution in [0.1, 0.15) is 48.7 Å². The molecule has 1 saturated heterocycles. The van der Waals surface area contributed by atoms with E-state index < -0.39 is 11.7 Å². The summed E-state index contributed by atoms with van der Waals surface area (Å²) < 4.78 is 38.8. The number of nitrogens with one attached hydrogen (secondary N) is 1. The molecular formula is C25H30F3N3O2.